The first-order chi connectivity index (χ1) is 15.5. The molecule has 2 saturated heterocycles. The molecule has 0 bridgehead atoms. The van der Waals surface area contributed by atoms with Crippen LogP contribution in [0, 0.1) is 0 Å². The van der Waals surface area contributed by atoms with Crippen LogP contribution in [-0.4, -0.2) is 91.1 Å². The lowest BCUT2D eigenvalue weighted by Gasteiger charge is -2.34. The predicted octanol–water partition coefficient (Wildman–Crippen LogP) is 1.27. The number of hydrogen-bond donors (Lipinski definition) is 0. The van der Waals surface area contributed by atoms with Gasteiger partial charge in [-0.1, -0.05) is 5.16 Å². The molecule has 2 aromatic rings. The largest absolute Gasteiger partial charge is 0.497 e. The molecule has 2 aliphatic rings. The molecule has 3 amide bonds. The number of aromatic nitrogens is 1. The summed E-state index contributed by atoms with van der Waals surface area (Å²) in [5.74, 6) is 0.336. The number of methoxy groups -OCH3 is 2. The van der Waals surface area contributed by atoms with Crippen molar-refractivity contribution in [3.05, 3.63) is 30.0 Å². The van der Waals surface area contributed by atoms with E-state index in [1.807, 2.05) is 0 Å². The molecular weight excluding hydrogens is 416 g/mol. The average Bonchev–Trinajstić information content (AvgIpc) is 3.55. The quantitative estimate of drug-likeness (QED) is 0.657. The molecular formula is C22H26N4O6. The highest BCUT2D eigenvalue weighted by Crippen LogP contribution is 2.34. The maximum atomic E-state index is 12.9. The maximum absolute atomic E-state index is 12.9. The number of amides is 3. The van der Waals surface area contributed by atoms with E-state index in [1.54, 1.807) is 48.3 Å². The minimum absolute atomic E-state index is 0.165. The molecule has 0 N–H and O–H groups in total. The number of benzene rings is 1. The van der Waals surface area contributed by atoms with E-state index in [0.717, 1.165) is 12.8 Å². The van der Waals surface area contributed by atoms with E-state index in [0.29, 0.717) is 62.1 Å². The van der Waals surface area contributed by atoms with Crippen LogP contribution in [0.25, 0.3) is 11.3 Å². The second-order valence-electron chi connectivity index (χ2n) is 7.73. The summed E-state index contributed by atoms with van der Waals surface area (Å²) in [6.07, 6.45) is 1.87. The van der Waals surface area contributed by atoms with E-state index >= 15 is 0 Å². The number of hydrogen-bond acceptors (Lipinski definition) is 7. The molecule has 10 heteroatoms. The molecule has 2 fully saturated rings. The number of piperazine rings is 1. The van der Waals surface area contributed by atoms with Crippen molar-refractivity contribution in [3.63, 3.8) is 0 Å². The zero-order chi connectivity index (χ0) is 22.7. The molecule has 0 saturated carbocycles. The van der Waals surface area contributed by atoms with Gasteiger partial charge in [0.05, 0.1) is 19.8 Å². The summed E-state index contributed by atoms with van der Waals surface area (Å²) in [6, 6.07) is 6.82. The summed E-state index contributed by atoms with van der Waals surface area (Å²) in [5, 5.41) is 3.93. The minimum atomic E-state index is -0.493. The predicted molar refractivity (Wildman–Crippen MR) is 113 cm³/mol. The van der Waals surface area contributed by atoms with E-state index in [-0.39, 0.29) is 11.6 Å². The van der Waals surface area contributed by atoms with Crippen molar-refractivity contribution < 1.29 is 28.4 Å². The lowest BCUT2D eigenvalue weighted by molar-refractivity contribution is -0.152. The van der Waals surface area contributed by atoms with Gasteiger partial charge in [0, 0.05) is 45.3 Å². The molecule has 1 aromatic heterocycles. The third-order valence-electron chi connectivity index (χ3n) is 5.83. The zero-order valence-electron chi connectivity index (χ0n) is 18.2. The Morgan fingerprint density at radius 3 is 2.09 bits per heavy atom. The van der Waals surface area contributed by atoms with Crippen LogP contribution in [0.3, 0.4) is 0 Å². The summed E-state index contributed by atoms with van der Waals surface area (Å²) >= 11 is 0. The summed E-state index contributed by atoms with van der Waals surface area (Å²) in [4.78, 5) is 42.4. The highest BCUT2D eigenvalue weighted by Gasteiger charge is 2.32. The minimum Gasteiger partial charge on any atom is -0.497 e. The van der Waals surface area contributed by atoms with Crippen molar-refractivity contribution in [3.8, 4) is 22.8 Å². The van der Waals surface area contributed by atoms with Gasteiger partial charge in [0.1, 0.15) is 11.5 Å². The number of ether oxygens (including phenoxy) is 2. The normalized spacial score (nSPS) is 16.2. The van der Waals surface area contributed by atoms with Gasteiger partial charge in [0.15, 0.2) is 11.5 Å². The van der Waals surface area contributed by atoms with Gasteiger partial charge in [-0.25, -0.2) is 0 Å². The van der Waals surface area contributed by atoms with Crippen LogP contribution in [0.15, 0.2) is 28.8 Å². The van der Waals surface area contributed by atoms with Crippen LogP contribution < -0.4 is 9.47 Å². The molecule has 10 nitrogen and oxygen atoms in total. The number of carbonyl (C=O) groups excluding carboxylic acids is 3. The van der Waals surface area contributed by atoms with Crippen LogP contribution in [0.5, 0.6) is 11.5 Å². The van der Waals surface area contributed by atoms with Crippen molar-refractivity contribution >= 4 is 17.7 Å². The van der Waals surface area contributed by atoms with E-state index < -0.39 is 11.8 Å². The monoisotopic (exact) mass is 442 g/mol. The van der Waals surface area contributed by atoms with E-state index in [2.05, 4.69) is 5.16 Å². The average molecular weight is 442 g/mol. The maximum Gasteiger partial charge on any atom is 0.312 e. The van der Waals surface area contributed by atoms with Crippen molar-refractivity contribution in [1.29, 1.82) is 0 Å². The fourth-order valence-corrected chi connectivity index (χ4v) is 3.97. The topological polar surface area (TPSA) is 105 Å². The van der Waals surface area contributed by atoms with Gasteiger partial charge in [0.2, 0.25) is 0 Å². The van der Waals surface area contributed by atoms with Crippen LogP contribution in [0.1, 0.15) is 23.3 Å². The first-order valence-electron chi connectivity index (χ1n) is 10.6. The summed E-state index contributed by atoms with van der Waals surface area (Å²) in [6.45, 7) is 2.52. The molecule has 0 spiro atoms. The number of likely N-dealkylation sites (tertiary alicyclic amines) is 1. The van der Waals surface area contributed by atoms with Crippen LogP contribution in [-0.2, 0) is 9.59 Å². The molecule has 32 heavy (non-hydrogen) atoms. The van der Waals surface area contributed by atoms with Gasteiger partial charge in [-0.15, -0.1) is 0 Å². The van der Waals surface area contributed by atoms with Gasteiger partial charge in [0.25, 0.3) is 5.91 Å². The number of nitrogens with zero attached hydrogens (tertiary/aromatic N) is 4. The Labute approximate surface area is 185 Å². The van der Waals surface area contributed by atoms with E-state index in [9.17, 15) is 14.4 Å². The molecule has 0 aliphatic carbocycles. The molecule has 4 rings (SSSR count). The second-order valence-corrected chi connectivity index (χ2v) is 7.73. The van der Waals surface area contributed by atoms with Crippen LogP contribution >= 0.6 is 0 Å². The first kappa shape index (κ1) is 21.7. The van der Waals surface area contributed by atoms with Gasteiger partial charge >= 0.3 is 11.8 Å². The van der Waals surface area contributed by atoms with E-state index in [1.165, 1.54) is 4.90 Å². The number of rotatable bonds is 4. The summed E-state index contributed by atoms with van der Waals surface area (Å²) in [7, 11) is 3.10. The third kappa shape index (κ3) is 4.25. The van der Waals surface area contributed by atoms with Gasteiger partial charge in [-0.3, -0.25) is 14.4 Å². The Hall–Kier alpha value is -3.56. The lowest BCUT2D eigenvalue weighted by atomic mass is 10.1. The fraction of sp³-hybridized carbons (Fsp3) is 0.455. The Morgan fingerprint density at radius 1 is 0.844 bits per heavy atom. The zero-order valence-corrected chi connectivity index (χ0v) is 18.2. The van der Waals surface area contributed by atoms with Gasteiger partial charge in [-0.05, 0) is 31.0 Å². The first-order valence-corrected chi connectivity index (χ1v) is 10.6. The molecule has 0 unspecified atom stereocenters. The Bertz CT molecular complexity index is 1010. The standard InChI is InChI=1S/C22H26N4O6/c1-30-15-5-6-18(31-2)16(13-15)19-14-17(23-32-19)20(27)25-9-11-26(12-10-25)22(29)21(28)24-7-3-4-8-24/h5-6,13-14H,3-4,7-12H2,1-2H3. The second kappa shape index (κ2) is 9.29. The molecule has 0 atom stereocenters. The Morgan fingerprint density at radius 2 is 1.47 bits per heavy atom. The molecule has 1 aromatic carbocycles. The van der Waals surface area contributed by atoms with Crippen molar-refractivity contribution in [1.82, 2.24) is 19.9 Å². The fourth-order valence-electron chi connectivity index (χ4n) is 3.97. The highest BCUT2D eigenvalue weighted by molar-refractivity contribution is 6.35. The molecule has 3 heterocycles. The van der Waals surface area contributed by atoms with Crippen LogP contribution in [0.4, 0.5) is 0 Å². The van der Waals surface area contributed by atoms with E-state index in [4.69, 9.17) is 14.0 Å². The smallest absolute Gasteiger partial charge is 0.312 e. The SMILES string of the molecule is COc1ccc(OC)c(-c2cc(C(=O)N3CCN(C(=O)C(=O)N4CCCC4)CC3)no2)c1. The van der Waals surface area contributed by atoms with Gasteiger partial charge in [-0.2, -0.15) is 0 Å². The Kier molecular flexibility index (Phi) is 6.29. The molecule has 2 aliphatic heterocycles. The number of carbonyl (C=O) groups is 3. The van der Waals surface area contributed by atoms with Crippen molar-refractivity contribution in [2.45, 2.75) is 12.8 Å². The van der Waals surface area contributed by atoms with Crippen molar-refractivity contribution in [2.24, 2.45) is 0 Å². The summed E-state index contributed by atoms with van der Waals surface area (Å²) in [5.41, 5.74) is 0.784. The third-order valence-corrected chi connectivity index (χ3v) is 5.83. The van der Waals surface area contributed by atoms with Gasteiger partial charge < -0.3 is 28.7 Å². The molecule has 170 valence electrons. The Balaban J connectivity index is 1.40. The van der Waals surface area contributed by atoms with Crippen LogP contribution in [0.2, 0.25) is 0 Å². The van der Waals surface area contributed by atoms with Crippen molar-refractivity contribution in [2.75, 3.05) is 53.5 Å². The highest BCUT2D eigenvalue weighted by atomic mass is 16.5. The lowest BCUT2D eigenvalue weighted by Crippen LogP contribution is -2.54. The molecule has 0 radical (unpaired) electrons. The summed E-state index contributed by atoms with van der Waals surface area (Å²) < 4.78 is 16.0.